The number of aryl methyl sites for hydroxylation is 1. The zero-order chi connectivity index (χ0) is 20.3. The minimum Gasteiger partial charge on any atom is -0.387 e. The Bertz CT molecular complexity index is 987. The van der Waals surface area contributed by atoms with E-state index in [1.54, 1.807) is 12.4 Å². The van der Waals surface area contributed by atoms with E-state index in [0.717, 1.165) is 68.2 Å². The minimum atomic E-state index is -0.445. The number of piperazine rings is 1. The van der Waals surface area contributed by atoms with E-state index >= 15 is 0 Å². The molecule has 5 rings (SSSR count). The summed E-state index contributed by atoms with van der Waals surface area (Å²) in [6.45, 7) is 4.35. The molecular weight excluding hydrogens is 374 g/mol. The van der Waals surface area contributed by atoms with Crippen LogP contribution in [0.1, 0.15) is 29.3 Å². The van der Waals surface area contributed by atoms with E-state index in [9.17, 15) is 5.11 Å². The zero-order valence-corrected chi connectivity index (χ0v) is 17.1. The van der Waals surface area contributed by atoms with Gasteiger partial charge in [-0.2, -0.15) is 0 Å². The summed E-state index contributed by atoms with van der Waals surface area (Å²) in [5.74, 6) is 1.91. The number of β-amino-alcohol motifs (C(OH)–C–C–N with tert-alkyl or cyclic N) is 1. The van der Waals surface area contributed by atoms with Gasteiger partial charge >= 0.3 is 0 Å². The largest absolute Gasteiger partial charge is 0.387 e. The van der Waals surface area contributed by atoms with Crippen molar-refractivity contribution in [3.63, 3.8) is 0 Å². The second-order valence-corrected chi connectivity index (χ2v) is 8.10. The fraction of sp³-hybridized carbons (Fsp3) is 0.375. The highest BCUT2D eigenvalue weighted by Gasteiger charge is 2.26. The third-order valence-electron chi connectivity index (χ3n) is 6.14. The molecule has 2 aromatic heterocycles. The standard InChI is InChI=1S/C24H27N5O/c30-22(18-5-2-1-3-6-18)17-28-13-15-29(16-14-28)24-20-7-4-8-21(20)26-23(27-24)19-9-11-25-12-10-19/h1-3,5-6,9-12,22,30H,4,7-8,13-17H2. The van der Waals surface area contributed by atoms with Crippen molar-refractivity contribution in [3.8, 4) is 11.4 Å². The molecule has 6 nitrogen and oxygen atoms in total. The van der Waals surface area contributed by atoms with E-state index in [1.165, 1.54) is 11.3 Å². The van der Waals surface area contributed by atoms with Crippen LogP contribution in [-0.4, -0.2) is 57.7 Å². The van der Waals surface area contributed by atoms with Gasteiger partial charge in [0.1, 0.15) is 5.82 Å². The van der Waals surface area contributed by atoms with Gasteiger partial charge in [-0.05, 0) is 37.0 Å². The number of pyridine rings is 1. The smallest absolute Gasteiger partial charge is 0.161 e. The molecule has 6 heteroatoms. The van der Waals surface area contributed by atoms with Crippen molar-refractivity contribution in [2.24, 2.45) is 0 Å². The maximum absolute atomic E-state index is 10.6. The van der Waals surface area contributed by atoms with Gasteiger partial charge in [0.05, 0.1) is 6.10 Å². The van der Waals surface area contributed by atoms with Crippen molar-refractivity contribution < 1.29 is 5.11 Å². The van der Waals surface area contributed by atoms with Crippen LogP contribution >= 0.6 is 0 Å². The molecule has 2 aliphatic rings. The summed E-state index contributed by atoms with van der Waals surface area (Å²) in [5.41, 5.74) is 4.53. The lowest BCUT2D eigenvalue weighted by molar-refractivity contribution is 0.109. The molecule has 1 aliphatic heterocycles. The van der Waals surface area contributed by atoms with Crippen LogP contribution in [0.15, 0.2) is 54.9 Å². The first kappa shape index (κ1) is 19.2. The minimum absolute atomic E-state index is 0.445. The van der Waals surface area contributed by atoms with Crippen molar-refractivity contribution in [2.45, 2.75) is 25.4 Å². The van der Waals surface area contributed by atoms with E-state index in [4.69, 9.17) is 9.97 Å². The van der Waals surface area contributed by atoms with Crippen LogP contribution in [0.5, 0.6) is 0 Å². The molecule has 0 spiro atoms. The zero-order valence-electron chi connectivity index (χ0n) is 17.1. The molecule has 3 aromatic rings. The molecule has 1 atom stereocenters. The number of hydrogen-bond acceptors (Lipinski definition) is 6. The lowest BCUT2D eigenvalue weighted by Crippen LogP contribution is -2.48. The fourth-order valence-corrected chi connectivity index (χ4v) is 4.47. The average molecular weight is 402 g/mol. The van der Waals surface area contributed by atoms with Crippen LogP contribution in [0.2, 0.25) is 0 Å². The Morgan fingerprint density at radius 2 is 1.67 bits per heavy atom. The van der Waals surface area contributed by atoms with Crippen LogP contribution in [0.4, 0.5) is 5.82 Å². The van der Waals surface area contributed by atoms with Crippen molar-refractivity contribution in [1.29, 1.82) is 0 Å². The molecule has 1 fully saturated rings. The van der Waals surface area contributed by atoms with Crippen LogP contribution in [0.25, 0.3) is 11.4 Å². The Morgan fingerprint density at radius 3 is 2.43 bits per heavy atom. The Hall–Kier alpha value is -2.83. The molecule has 1 N–H and O–H groups in total. The fourth-order valence-electron chi connectivity index (χ4n) is 4.47. The molecule has 30 heavy (non-hydrogen) atoms. The van der Waals surface area contributed by atoms with E-state index in [0.29, 0.717) is 6.54 Å². The van der Waals surface area contributed by atoms with Crippen molar-refractivity contribution in [2.75, 3.05) is 37.6 Å². The summed E-state index contributed by atoms with van der Waals surface area (Å²) in [6, 6.07) is 13.9. The maximum atomic E-state index is 10.6. The SMILES string of the molecule is OC(CN1CCN(c2nc(-c3ccncc3)nc3c2CCC3)CC1)c1ccccc1. The molecule has 0 saturated carbocycles. The van der Waals surface area contributed by atoms with Gasteiger partial charge in [-0.15, -0.1) is 0 Å². The Morgan fingerprint density at radius 1 is 0.900 bits per heavy atom. The third kappa shape index (κ3) is 3.93. The van der Waals surface area contributed by atoms with Gasteiger partial charge in [-0.3, -0.25) is 9.88 Å². The Kier molecular flexibility index (Phi) is 5.43. The molecule has 1 aliphatic carbocycles. The first-order valence-electron chi connectivity index (χ1n) is 10.8. The molecule has 1 aromatic carbocycles. The second kappa shape index (κ2) is 8.50. The lowest BCUT2D eigenvalue weighted by Gasteiger charge is -2.37. The normalized spacial score (nSPS) is 17.7. The number of benzene rings is 1. The molecule has 0 amide bonds. The maximum Gasteiger partial charge on any atom is 0.161 e. The van der Waals surface area contributed by atoms with Crippen LogP contribution in [-0.2, 0) is 12.8 Å². The highest BCUT2D eigenvalue weighted by molar-refractivity contribution is 5.61. The number of aromatic nitrogens is 3. The second-order valence-electron chi connectivity index (χ2n) is 8.10. The van der Waals surface area contributed by atoms with E-state index in [-0.39, 0.29) is 0 Å². The highest BCUT2D eigenvalue weighted by atomic mass is 16.3. The number of nitrogens with zero attached hydrogens (tertiary/aromatic N) is 5. The van der Waals surface area contributed by atoms with Crippen molar-refractivity contribution >= 4 is 5.82 Å². The summed E-state index contributed by atoms with van der Waals surface area (Å²) in [5, 5.41) is 10.6. The number of aliphatic hydroxyl groups excluding tert-OH is 1. The van der Waals surface area contributed by atoms with Crippen LogP contribution < -0.4 is 4.90 Å². The molecule has 0 bridgehead atoms. The predicted octanol–water partition coefficient (Wildman–Crippen LogP) is 2.88. The van der Waals surface area contributed by atoms with Gasteiger partial charge in [0.25, 0.3) is 0 Å². The summed E-state index contributed by atoms with van der Waals surface area (Å²) < 4.78 is 0. The van der Waals surface area contributed by atoms with Gasteiger partial charge in [-0.25, -0.2) is 9.97 Å². The van der Waals surface area contributed by atoms with Gasteiger partial charge in [0, 0.05) is 61.9 Å². The van der Waals surface area contributed by atoms with E-state index in [1.807, 2.05) is 42.5 Å². The van der Waals surface area contributed by atoms with Gasteiger partial charge in [0.2, 0.25) is 0 Å². The Labute approximate surface area is 177 Å². The molecule has 0 radical (unpaired) electrons. The highest BCUT2D eigenvalue weighted by Crippen LogP contribution is 2.32. The van der Waals surface area contributed by atoms with Crippen LogP contribution in [0, 0.1) is 0 Å². The van der Waals surface area contributed by atoms with Gasteiger partial charge < -0.3 is 10.0 Å². The van der Waals surface area contributed by atoms with Crippen molar-refractivity contribution in [1.82, 2.24) is 19.9 Å². The first-order valence-corrected chi connectivity index (χ1v) is 10.8. The lowest BCUT2D eigenvalue weighted by atomic mass is 10.1. The number of aliphatic hydroxyl groups is 1. The van der Waals surface area contributed by atoms with E-state index in [2.05, 4.69) is 14.8 Å². The van der Waals surface area contributed by atoms with Crippen molar-refractivity contribution in [3.05, 3.63) is 71.7 Å². The summed E-state index contributed by atoms with van der Waals surface area (Å²) in [7, 11) is 0. The molecule has 154 valence electrons. The van der Waals surface area contributed by atoms with E-state index < -0.39 is 6.10 Å². The molecule has 1 unspecified atom stereocenters. The van der Waals surface area contributed by atoms with Gasteiger partial charge in [0.15, 0.2) is 5.82 Å². The molecule has 1 saturated heterocycles. The predicted molar refractivity (Wildman–Crippen MR) is 117 cm³/mol. The average Bonchev–Trinajstić information content (AvgIpc) is 3.29. The van der Waals surface area contributed by atoms with Crippen LogP contribution in [0.3, 0.4) is 0 Å². The number of rotatable bonds is 5. The molecule has 3 heterocycles. The third-order valence-corrected chi connectivity index (χ3v) is 6.14. The summed E-state index contributed by atoms with van der Waals surface area (Å²) in [4.78, 5) is 18.7. The number of fused-ring (bicyclic) bond motifs is 1. The van der Waals surface area contributed by atoms with Gasteiger partial charge in [-0.1, -0.05) is 30.3 Å². The number of anilines is 1. The topological polar surface area (TPSA) is 65.4 Å². The monoisotopic (exact) mass is 401 g/mol. The number of hydrogen-bond donors (Lipinski definition) is 1. The Balaban J connectivity index is 1.31. The summed E-state index contributed by atoms with van der Waals surface area (Å²) in [6.07, 6.45) is 6.39. The first-order chi connectivity index (χ1) is 14.8. The quantitative estimate of drug-likeness (QED) is 0.709. The molecular formula is C24H27N5O. The summed E-state index contributed by atoms with van der Waals surface area (Å²) >= 11 is 0.